The third-order valence-electron chi connectivity index (χ3n) is 3.54. The molecule has 0 aromatic carbocycles. The van der Waals surface area contributed by atoms with Crippen molar-refractivity contribution in [1.29, 1.82) is 0 Å². The van der Waals surface area contributed by atoms with Gasteiger partial charge in [0.25, 0.3) is 0 Å². The fraction of sp³-hybridized carbons (Fsp3) is 0.846. The molecule has 1 aliphatic rings. The Morgan fingerprint density at radius 2 is 1.85 bits per heavy atom. The molecule has 0 aromatic rings. The first-order valence-corrected chi connectivity index (χ1v) is 5.83. The van der Waals surface area contributed by atoms with Gasteiger partial charge in [0.05, 0.1) is 0 Å². The molecule has 0 heteroatoms. The van der Waals surface area contributed by atoms with E-state index in [9.17, 15) is 0 Å². The van der Waals surface area contributed by atoms with Crippen LogP contribution in [0.4, 0.5) is 0 Å². The Morgan fingerprint density at radius 1 is 1.23 bits per heavy atom. The van der Waals surface area contributed by atoms with Gasteiger partial charge < -0.3 is 0 Å². The first-order valence-electron chi connectivity index (χ1n) is 5.83. The zero-order valence-corrected chi connectivity index (χ0v) is 9.85. The van der Waals surface area contributed by atoms with Crippen LogP contribution in [0.15, 0.2) is 11.1 Å². The molecule has 0 aromatic heterocycles. The summed E-state index contributed by atoms with van der Waals surface area (Å²) in [4.78, 5) is 0. The highest BCUT2D eigenvalue weighted by Crippen LogP contribution is 2.53. The highest BCUT2D eigenvalue weighted by Gasteiger charge is 2.42. The summed E-state index contributed by atoms with van der Waals surface area (Å²) in [5.41, 5.74) is 3.48. The highest BCUT2D eigenvalue weighted by atomic mass is 14.5. The Labute approximate surface area is 83.4 Å². The van der Waals surface area contributed by atoms with Crippen LogP contribution in [0.3, 0.4) is 0 Å². The molecule has 0 saturated heterocycles. The van der Waals surface area contributed by atoms with Crippen LogP contribution < -0.4 is 0 Å². The van der Waals surface area contributed by atoms with Gasteiger partial charge in [0.1, 0.15) is 0 Å². The molecule has 0 N–H and O–H groups in total. The topological polar surface area (TPSA) is 0 Å². The lowest BCUT2D eigenvalue weighted by atomic mass is 10.0. The molecule has 0 radical (unpaired) electrons. The molecule has 2 unspecified atom stereocenters. The molecular weight excluding hydrogens is 156 g/mol. The average Bonchev–Trinajstić information content (AvgIpc) is 2.77. The molecule has 13 heavy (non-hydrogen) atoms. The zero-order chi connectivity index (χ0) is 10.0. The van der Waals surface area contributed by atoms with Gasteiger partial charge in [-0.25, -0.2) is 0 Å². The van der Waals surface area contributed by atoms with Crippen LogP contribution in [0.5, 0.6) is 0 Å². The van der Waals surface area contributed by atoms with Crippen molar-refractivity contribution < 1.29 is 0 Å². The van der Waals surface area contributed by atoms with E-state index in [2.05, 4.69) is 34.6 Å². The smallest absolute Gasteiger partial charge is 0.0132 e. The Bertz CT molecular complexity index is 198. The monoisotopic (exact) mass is 180 g/mol. The predicted molar refractivity (Wildman–Crippen MR) is 59.7 cm³/mol. The van der Waals surface area contributed by atoms with E-state index >= 15 is 0 Å². The van der Waals surface area contributed by atoms with Crippen molar-refractivity contribution in [2.45, 2.75) is 53.9 Å². The lowest BCUT2D eigenvalue weighted by Gasteiger charge is -2.03. The first kappa shape index (κ1) is 10.8. The highest BCUT2D eigenvalue weighted by molar-refractivity contribution is 5.34. The fourth-order valence-corrected chi connectivity index (χ4v) is 2.47. The number of hydrogen-bond acceptors (Lipinski definition) is 0. The van der Waals surface area contributed by atoms with Crippen LogP contribution in [0.25, 0.3) is 0 Å². The van der Waals surface area contributed by atoms with Crippen LogP contribution in [0, 0.1) is 17.8 Å². The molecule has 0 aliphatic heterocycles. The second-order valence-electron chi connectivity index (χ2n) is 4.70. The largest absolute Gasteiger partial charge is 0.0710 e. The molecule has 1 rings (SSSR count). The van der Waals surface area contributed by atoms with Gasteiger partial charge in [0, 0.05) is 0 Å². The summed E-state index contributed by atoms with van der Waals surface area (Å²) in [5.74, 6) is 2.66. The third kappa shape index (κ3) is 2.15. The SMILES string of the molecule is CCCC1C(=C(C)C(C)C)C1CC. The van der Waals surface area contributed by atoms with Gasteiger partial charge in [-0.15, -0.1) is 0 Å². The quantitative estimate of drug-likeness (QED) is 0.562. The Morgan fingerprint density at radius 3 is 2.23 bits per heavy atom. The summed E-state index contributed by atoms with van der Waals surface area (Å²) in [7, 11) is 0. The maximum absolute atomic E-state index is 2.33. The van der Waals surface area contributed by atoms with Gasteiger partial charge in [-0.05, 0) is 37.5 Å². The molecule has 76 valence electrons. The second-order valence-corrected chi connectivity index (χ2v) is 4.70. The van der Waals surface area contributed by atoms with E-state index in [0.29, 0.717) is 0 Å². The predicted octanol–water partition coefficient (Wildman–Crippen LogP) is 4.42. The van der Waals surface area contributed by atoms with Crippen molar-refractivity contribution in [3.8, 4) is 0 Å². The average molecular weight is 180 g/mol. The molecule has 0 heterocycles. The normalized spacial score (nSPS) is 30.9. The summed E-state index contributed by atoms with van der Waals surface area (Å²) in [6.07, 6.45) is 4.11. The van der Waals surface area contributed by atoms with Gasteiger partial charge in [-0.3, -0.25) is 0 Å². The van der Waals surface area contributed by atoms with Crippen molar-refractivity contribution in [1.82, 2.24) is 0 Å². The van der Waals surface area contributed by atoms with E-state index in [1.54, 1.807) is 11.1 Å². The van der Waals surface area contributed by atoms with Crippen LogP contribution in [-0.4, -0.2) is 0 Å². The lowest BCUT2D eigenvalue weighted by Crippen LogP contribution is -1.89. The minimum atomic E-state index is 0.755. The van der Waals surface area contributed by atoms with Crippen LogP contribution >= 0.6 is 0 Å². The van der Waals surface area contributed by atoms with Gasteiger partial charge in [0.15, 0.2) is 0 Å². The standard InChI is InChI=1S/C13H24/c1-6-8-12-11(7-2)13(12)10(5)9(3)4/h9,11-12H,6-8H2,1-5H3. The van der Waals surface area contributed by atoms with Gasteiger partial charge in [0.2, 0.25) is 0 Å². The van der Waals surface area contributed by atoms with E-state index in [-0.39, 0.29) is 0 Å². The molecule has 1 aliphatic carbocycles. The molecule has 0 amide bonds. The number of rotatable bonds is 4. The molecule has 0 nitrogen and oxygen atoms in total. The van der Waals surface area contributed by atoms with E-state index in [0.717, 1.165) is 17.8 Å². The molecule has 1 saturated carbocycles. The van der Waals surface area contributed by atoms with E-state index in [4.69, 9.17) is 0 Å². The maximum Gasteiger partial charge on any atom is -0.0132 e. The Balaban J connectivity index is 2.66. The molecule has 0 bridgehead atoms. The Kier molecular flexibility index (Phi) is 3.58. The van der Waals surface area contributed by atoms with E-state index in [1.807, 2.05) is 0 Å². The van der Waals surface area contributed by atoms with Crippen molar-refractivity contribution in [3.63, 3.8) is 0 Å². The minimum Gasteiger partial charge on any atom is -0.0710 e. The molecule has 1 fully saturated rings. The zero-order valence-electron chi connectivity index (χ0n) is 9.85. The first-order chi connectivity index (χ1) is 6.13. The third-order valence-corrected chi connectivity index (χ3v) is 3.54. The molecule has 2 atom stereocenters. The van der Waals surface area contributed by atoms with E-state index in [1.165, 1.54) is 19.3 Å². The molecular formula is C13H24. The lowest BCUT2D eigenvalue weighted by molar-refractivity contribution is 0.622. The summed E-state index contributed by atoms with van der Waals surface area (Å²) >= 11 is 0. The van der Waals surface area contributed by atoms with Crippen molar-refractivity contribution in [2.24, 2.45) is 17.8 Å². The van der Waals surface area contributed by atoms with Gasteiger partial charge in [-0.1, -0.05) is 45.3 Å². The van der Waals surface area contributed by atoms with Crippen molar-refractivity contribution >= 4 is 0 Å². The second kappa shape index (κ2) is 4.30. The van der Waals surface area contributed by atoms with Crippen LogP contribution in [0.1, 0.15) is 53.9 Å². The summed E-state index contributed by atoms with van der Waals surface area (Å²) in [6, 6.07) is 0. The summed E-state index contributed by atoms with van der Waals surface area (Å²) < 4.78 is 0. The summed E-state index contributed by atoms with van der Waals surface area (Å²) in [6.45, 7) is 11.6. The Hall–Kier alpha value is -0.260. The minimum absolute atomic E-state index is 0.755. The van der Waals surface area contributed by atoms with Crippen LogP contribution in [-0.2, 0) is 0 Å². The van der Waals surface area contributed by atoms with Crippen LogP contribution in [0.2, 0.25) is 0 Å². The maximum atomic E-state index is 2.33. The molecule has 0 spiro atoms. The number of hydrogen-bond donors (Lipinski definition) is 0. The number of allylic oxidation sites excluding steroid dienone is 2. The summed E-state index contributed by atoms with van der Waals surface area (Å²) in [5, 5.41) is 0. The van der Waals surface area contributed by atoms with Crippen molar-refractivity contribution in [2.75, 3.05) is 0 Å². The van der Waals surface area contributed by atoms with Crippen molar-refractivity contribution in [3.05, 3.63) is 11.1 Å². The van der Waals surface area contributed by atoms with E-state index < -0.39 is 0 Å². The van der Waals surface area contributed by atoms with Gasteiger partial charge >= 0.3 is 0 Å². The van der Waals surface area contributed by atoms with Gasteiger partial charge in [-0.2, -0.15) is 0 Å². The fourth-order valence-electron chi connectivity index (χ4n) is 2.47.